The molecule has 0 spiro atoms. The Morgan fingerprint density at radius 3 is 2.15 bits per heavy atom. The molecule has 0 aromatic heterocycles. The summed E-state index contributed by atoms with van der Waals surface area (Å²) >= 11 is 10.2. The van der Waals surface area contributed by atoms with E-state index in [9.17, 15) is 4.79 Å². The minimum Gasteiger partial charge on any atom is -0.374 e. The number of anilines is 2. The maximum Gasteiger partial charge on any atom is 0.243 e. The topological polar surface area (TPSA) is 41.1 Å². The van der Waals surface area contributed by atoms with Crippen molar-refractivity contribution in [2.45, 2.75) is 0 Å². The minimum atomic E-state index is -0.102. The average Bonchev–Trinajstić information content (AvgIpc) is 2.41. The summed E-state index contributed by atoms with van der Waals surface area (Å²) in [5.74, 6) is -0.102. The lowest BCUT2D eigenvalue weighted by atomic mass is 10.3. The van der Waals surface area contributed by atoms with Crippen LogP contribution in [0, 0.1) is 0 Å². The number of carbonyl (C=O) groups is 1. The van der Waals surface area contributed by atoms with Gasteiger partial charge >= 0.3 is 0 Å². The van der Waals surface area contributed by atoms with Crippen LogP contribution in [0.4, 0.5) is 11.4 Å². The van der Waals surface area contributed by atoms with Crippen LogP contribution in [0.25, 0.3) is 0 Å². The first-order chi connectivity index (χ1) is 9.56. The Balaban J connectivity index is 1.94. The highest BCUT2D eigenvalue weighted by molar-refractivity contribution is 9.11. The number of hydrogen-bond donors (Lipinski definition) is 2. The van der Waals surface area contributed by atoms with Crippen LogP contribution in [0.15, 0.2) is 55.9 Å². The quantitative estimate of drug-likeness (QED) is 0.669. The van der Waals surface area contributed by atoms with Crippen molar-refractivity contribution in [2.24, 2.45) is 0 Å². The van der Waals surface area contributed by atoms with Crippen molar-refractivity contribution in [3.63, 3.8) is 0 Å². The molecule has 0 atom stereocenters. The summed E-state index contributed by atoms with van der Waals surface area (Å²) in [7, 11) is 0. The number of nitrogens with one attached hydrogen (secondary N) is 2. The largest absolute Gasteiger partial charge is 0.374 e. The summed E-state index contributed by atoms with van der Waals surface area (Å²) in [4.78, 5) is 11.9. The first kappa shape index (κ1) is 15.5. The van der Waals surface area contributed by atoms with Gasteiger partial charge in [-0.1, -0.05) is 22.0 Å². The van der Waals surface area contributed by atoms with Gasteiger partial charge in [0.05, 0.1) is 12.2 Å². The minimum absolute atomic E-state index is 0.102. The van der Waals surface area contributed by atoms with E-state index in [1.54, 1.807) is 0 Å². The lowest BCUT2D eigenvalue weighted by Gasteiger charge is -2.11. The molecule has 0 saturated carbocycles. The molecule has 2 aromatic carbocycles. The highest BCUT2D eigenvalue weighted by Gasteiger charge is 2.07. The number of benzene rings is 2. The molecule has 20 heavy (non-hydrogen) atoms. The molecule has 104 valence electrons. The monoisotopic (exact) mass is 460 g/mol. The molecular formula is C14H11Br3N2O. The van der Waals surface area contributed by atoms with E-state index in [0.29, 0.717) is 0 Å². The molecule has 0 aliphatic heterocycles. The molecular weight excluding hydrogens is 452 g/mol. The van der Waals surface area contributed by atoms with E-state index in [-0.39, 0.29) is 12.5 Å². The van der Waals surface area contributed by atoms with Gasteiger partial charge in [-0.05, 0) is 68.3 Å². The van der Waals surface area contributed by atoms with Crippen LogP contribution in [-0.4, -0.2) is 12.5 Å². The standard InChI is InChI=1S/C14H11Br3N2O/c15-9-4-6-10(7-5-9)19-13(20)8-18-14-11(16)2-1-3-12(14)17/h1-7,18H,8H2,(H,19,20). The lowest BCUT2D eigenvalue weighted by Crippen LogP contribution is -2.22. The zero-order chi connectivity index (χ0) is 14.5. The number of rotatable bonds is 4. The Bertz CT molecular complexity index is 594. The molecule has 6 heteroatoms. The van der Waals surface area contributed by atoms with E-state index in [4.69, 9.17) is 0 Å². The number of halogens is 3. The van der Waals surface area contributed by atoms with E-state index >= 15 is 0 Å². The number of amides is 1. The summed E-state index contributed by atoms with van der Waals surface area (Å²) in [6, 6.07) is 13.2. The molecule has 0 radical (unpaired) electrons. The SMILES string of the molecule is O=C(CNc1c(Br)cccc1Br)Nc1ccc(Br)cc1. The van der Waals surface area contributed by atoms with Crippen molar-refractivity contribution in [1.82, 2.24) is 0 Å². The van der Waals surface area contributed by atoms with Gasteiger partial charge in [0, 0.05) is 19.1 Å². The van der Waals surface area contributed by atoms with Gasteiger partial charge < -0.3 is 10.6 Å². The molecule has 1 amide bonds. The van der Waals surface area contributed by atoms with Crippen LogP contribution in [0.5, 0.6) is 0 Å². The smallest absolute Gasteiger partial charge is 0.243 e. The molecule has 0 aliphatic rings. The maximum absolute atomic E-state index is 11.9. The van der Waals surface area contributed by atoms with Gasteiger partial charge in [-0.2, -0.15) is 0 Å². The van der Waals surface area contributed by atoms with Crippen molar-refractivity contribution in [1.29, 1.82) is 0 Å². The summed E-state index contributed by atoms with van der Waals surface area (Å²) in [6.45, 7) is 0.192. The summed E-state index contributed by atoms with van der Waals surface area (Å²) in [5, 5.41) is 5.92. The van der Waals surface area contributed by atoms with Gasteiger partial charge in [0.1, 0.15) is 0 Å². The van der Waals surface area contributed by atoms with Crippen molar-refractivity contribution < 1.29 is 4.79 Å². The van der Waals surface area contributed by atoms with Crippen molar-refractivity contribution in [2.75, 3.05) is 17.2 Å². The van der Waals surface area contributed by atoms with Gasteiger partial charge in [-0.15, -0.1) is 0 Å². The first-order valence-corrected chi connectivity index (χ1v) is 8.17. The fourth-order valence-corrected chi connectivity index (χ4v) is 3.12. The number of hydrogen-bond acceptors (Lipinski definition) is 2. The third kappa shape index (κ3) is 4.33. The van der Waals surface area contributed by atoms with E-state index < -0.39 is 0 Å². The van der Waals surface area contributed by atoms with Crippen LogP contribution in [0.1, 0.15) is 0 Å². The normalized spacial score (nSPS) is 10.2. The van der Waals surface area contributed by atoms with Gasteiger partial charge in [-0.3, -0.25) is 4.79 Å². The van der Waals surface area contributed by atoms with Crippen LogP contribution < -0.4 is 10.6 Å². The maximum atomic E-state index is 11.9. The van der Waals surface area contributed by atoms with E-state index in [0.717, 1.165) is 24.8 Å². The Morgan fingerprint density at radius 2 is 1.55 bits per heavy atom. The fourth-order valence-electron chi connectivity index (χ4n) is 1.57. The molecule has 0 heterocycles. The number of para-hydroxylation sites is 1. The van der Waals surface area contributed by atoms with E-state index in [1.165, 1.54) is 0 Å². The average molecular weight is 463 g/mol. The van der Waals surface area contributed by atoms with E-state index in [1.807, 2.05) is 42.5 Å². The fraction of sp³-hybridized carbons (Fsp3) is 0.0714. The second-order valence-electron chi connectivity index (χ2n) is 4.01. The molecule has 2 N–H and O–H groups in total. The van der Waals surface area contributed by atoms with Crippen molar-refractivity contribution in [3.05, 3.63) is 55.9 Å². The Hall–Kier alpha value is -0.850. The third-order valence-corrected chi connectivity index (χ3v) is 4.37. The van der Waals surface area contributed by atoms with Gasteiger partial charge in [0.2, 0.25) is 5.91 Å². The summed E-state index contributed by atoms with van der Waals surface area (Å²) < 4.78 is 2.79. The van der Waals surface area contributed by atoms with Crippen LogP contribution in [0.2, 0.25) is 0 Å². The van der Waals surface area contributed by atoms with Gasteiger partial charge in [-0.25, -0.2) is 0 Å². The Kier molecular flexibility index (Phi) is 5.63. The molecule has 3 nitrogen and oxygen atoms in total. The zero-order valence-electron chi connectivity index (χ0n) is 10.3. The van der Waals surface area contributed by atoms with Crippen LogP contribution in [-0.2, 0) is 4.79 Å². The van der Waals surface area contributed by atoms with Gasteiger partial charge in [0.15, 0.2) is 0 Å². The summed E-state index contributed by atoms with van der Waals surface area (Å²) in [5.41, 5.74) is 1.63. The van der Waals surface area contributed by atoms with E-state index in [2.05, 4.69) is 58.4 Å². The molecule has 0 fully saturated rings. The first-order valence-electron chi connectivity index (χ1n) is 5.79. The molecule has 2 rings (SSSR count). The Labute approximate surface area is 142 Å². The zero-order valence-corrected chi connectivity index (χ0v) is 15.0. The molecule has 2 aromatic rings. The predicted octanol–water partition coefficient (Wildman–Crippen LogP) is 5.02. The number of carbonyl (C=O) groups excluding carboxylic acids is 1. The Morgan fingerprint density at radius 1 is 0.950 bits per heavy atom. The van der Waals surface area contributed by atoms with Crippen molar-refractivity contribution >= 4 is 65.1 Å². The second kappa shape index (κ2) is 7.24. The van der Waals surface area contributed by atoms with Crippen LogP contribution in [0.3, 0.4) is 0 Å². The molecule has 0 saturated heterocycles. The molecule has 0 unspecified atom stereocenters. The molecule has 0 bridgehead atoms. The van der Waals surface area contributed by atoms with Crippen LogP contribution >= 0.6 is 47.8 Å². The summed E-state index contributed by atoms with van der Waals surface area (Å²) in [6.07, 6.45) is 0. The highest BCUT2D eigenvalue weighted by Crippen LogP contribution is 2.30. The third-order valence-electron chi connectivity index (χ3n) is 2.52. The highest BCUT2D eigenvalue weighted by atomic mass is 79.9. The second-order valence-corrected chi connectivity index (χ2v) is 6.63. The van der Waals surface area contributed by atoms with Crippen molar-refractivity contribution in [3.8, 4) is 0 Å². The van der Waals surface area contributed by atoms with Gasteiger partial charge in [0.25, 0.3) is 0 Å². The lowest BCUT2D eigenvalue weighted by molar-refractivity contribution is -0.114. The molecule has 0 aliphatic carbocycles. The predicted molar refractivity (Wildman–Crippen MR) is 93.1 cm³/mol.